The number of rotatable bonds is 3. The van der Waals surface area contributed by atoms with E-state index in [1.54, 1.807) is 6.92 Å². The molecule has 0 saturated carbocycles. The van der Waals surface area contributed by atoms with Crippen LogP contribution in [0.25, 0.3) is 0 Å². The van der Waals surface area contributed by atoms with Gasteiger partial charge in [0.15, 0.2) is 0 Å². The quantitative estimate of drug-likeness (QED) is 0.823. The van der Waals surface area contributed by atoms with Crippen molar-refractivity contribution in [2.45, 2.75) is 31.9 Å². The van der Waals surface area contributed by atoms with Crippen LogP contribution in [-0.2, 0) is 4.74 Å². The molecule has 2 atom stereocenters. The van der Waals surface area contributed by atoms with Crippen LogP contribution in [0.5, 0.6) is 0 Å². The molecular formula is C13H19NO2. The van der Waals surface area contributed by atoms with Crippen LogP contribution in [0.4, 0.5) is 5.69 Å². The minimum absolute atomic E-state index is 0.369. The molecule has 2 rings (SSSR count). The van der Waals surface area contributed by atoms with Gasteiger partial charge in [-0.15, -0.1) is 0 Å². The molecule has 1 saturated heterocycles. The Labute approximate surface area is 96.4 Å². The Bertz CT molecular complexity index is 332. The number of aliphatic hydroxyl groups is 1. The molecule has 2 N–H and O–H groups in total. The van der Waals surface area contributed by atoms with Crippen LogP contribution in [0.15, 0.2) is 24.3 Å². The molecule has 3 heteroatoms. The second-order valence-electron chi connectivity index (χ2n) is 4.32. The number of aliphatic hydroxyl groups excluding tert-OH is 1. The van der Waals surface area contributed by atoms with Crippen molar-refractivity contribution in [1.82, 2.24) is 0 Å². The summed E-state index contributed by atoms with van der Waals surface area (Å²) in [5.41, 5.74) is 1.97. The largest absolute Gasteiger partial charge is 0.389 e. The molecule has 3 nitrogen and oxygen atoms in total. The highest BCUT2D eigenvalue weighted by Crippen LogP contribution is 2.24. The Hall–Kier alpha value is -1.06. The first kappa shape index (κ1) is 11.4. The summed E-state index contributed by atoms with van der Waals surface area (Å²) in [7, 11) is 0. The molecule has 1 heterocycles. The molecule has 1 aliphatic heterocycles. The molecule has 0 aliphatic carbocycles. The fourth-order valence-electron chi connectivity index (χ4n) is 2.07. The van der Waals surface area contributed by atoms with E-state index < -0.39 is 6.10 Å². The Morgan fingerprint density at radius 1 is 1.44 bits per heavy atom. The molecule has 1 fully saturated rings. The van der Waals surface area contributed by atoms with Crippen LogP contribution in [0.2, 0.25) is 0 Å². The number of anilines is 1. The predicted octanol–water partition coefficient (Wildman–Crippen LogP) is 2.33. The fourth-order valence-corrected chi connectivity index (χ4v) is 2.07. The summed E-state index contributed by atoms with van der Waals surface area (Å²) in [5.74, 6) is 0. The minimum Gasteiger partial charge on any atom is -0.389 e. The first-order valence-corrected chi connectivity index (χ1v) is 5.88. The third-order valence-electron chi connectivity index (χ3n) is 2.93. The second-order valence-corrected chi connectivity index (χ2v) is 4.32. The average Bonchev–Trinajstić information content (AvgIpc) is 2.31. The van der Waals surface area contributed by atoms with Gasteiger partial charge in [-0.05, 0) is 25.8 Å². The van der Waals surface area contributed by atoms with E-state index in [9.17, 15) is 5.11 Å². The van der Waals surface area contributed by atoms with Crippen molar-refractivity contribution in [2.24, 2.45) is 0 Å². The van der Waals surface area contributed by atoms with E-state index >= 15 is 0 Å². The van der Waals surface area contributed by atoms with Crippen LogP contribution in [-0.4, -0.2) is 24.4 Å². The molecular weight excluding hydrogens is 202 g/mol. The smallest absolute Gasteiger partial charge is 0.0781 e. The summed E-state index contributed by atoms with van der Waals surface area (Å²) in [6.07, 6.45) is 1.80. The highest BCUT2D eigenvalue weighted by Gasteiger charge is 2.15. The van der Waals surface area contributed by atoms with Crippen molar-refractivity contribution in [3.8, 4) is 0 Å². The van der Waals surface area contributed by atoms with Crippen LogP contribution >= 0.6 is 0 Å². The molecule has 1 aromatic carbocycles. The molecule has 2 unspecified atom stereocenters. The van der Waals surface area contributed by atoms with Crippen molar-refractivity contribution >= 4 is 5.69 Å². The van der Waals surface area contributed by atoms with Gasteiger partial charge in [-0.3, -0.25) is 0 Å². The SMILES string of the molecule is CC(O)c1ccccc1NC1CCCOC1. The maximum atomic E-state index is 9.66. The first-order chi connectivity index (χ1) is 7.77. The predicted molar refractivity (Wildman–Crippen MR) is 64.5 cm³/mol. The minimum atomic E-state index is -0.437. The molecule has 1 aromatic rings. The van der Waals surface area contributed by atoms with E-state index in [1.807, 2.05) is 24.3 Å². The van der Waals surface area contributed by atoms with Crippen molar-refractivity contribution in [1.29, 1.82) is 0 Å². The summed E-state index contributed by atoms with van der Waals surface area (Å²) in [6.45, 7) is 3.42. The van der Waals surface area contributed by atoms with Crippen molar-refractivity contribution in [3.05, 3.63) is 29.8 Å². The van der Waals surface area contributed by atoms with Crippen LogP contribution < -0.4 is 5.32 Å². The van der Waals surface area contributed by atoms with Gasteiger partial charge in [-0.2, -0.15) is 0 Å². The maximum Gasteiger partial charge on any atom is 0.0781 e. The fraction of sp³-hybridized carbons (Fsp3) is 0.538. The summed E-state index contributed by atoms with van der Waals surface area (Å²) in [4.78, 5) is 0. The number of para-hydroxylation sites is 1. The van der Waals surface area contributed by atoms with Gasteiger partial charge >= 0.3 is 0 Å². The molecule has 0 aromatic heterocycles. The lowest BCUT2D eigenvalue weighted by molar-refractivity contribution is 0.0875. The zero-order valence-electron chi connectivity index (χ0n) is 9.65. The third kappa shape index (κ3) is 2.74. The Morgan fingerprint density at radius 3 is 2.94 bits per heavy atom. The van der Waals surface area contributed by atoms with Gasteiger partial charge in [-0.1, -0.05) is 18.2 Å². The maximum absolute atomic E-state index is 9.66. The first-order valence-electron chi connectivity index (χ1n) is 5.88. The molecule has 0 bridgehead atoms. The number of hydrogen-bond acceptors (Lipinski definition) is 3. The molecule has 0 amide bonds. The van der Waals surface area contributed by atoms with Crippen LogP contribution in [0.1, 0.15) is 31.4 Å². The van der Waals surface area contributed by atoms with Gasteiger partial charge in [0.05, 0.1) is 12.7 Å². The number of benzene rings is 1. The van der Waals surface area contributed by atoms with Crippen molar-refractivity contribution in [2.75, 3.05) is 18.5 Å². The number of hydrogen-bond donors (Lipinski definition) is 2. The van der Waals surface area contributed by atoms with Crippen LogP contribution in [0.3, 0.4) is 0 Å². The summed E-state index contributed by atoms with van der Waals surface area (Å²) in [5, 5.41) is 13.1. The lowest BCUT2D eigenvalue weighted by Crippen LogP contribution is -2.30. The van der Waals surface area contributed by atoms with Gasteiger partial charge in [0.1, 0.15) is 0 Å². The third-order valence-corrected chi connectivity index (χ3v) is 2.93. The van der Waals surface area contributed by atoms with Gasteiger partial charge in [0.2, 0.25) is 0 Å². The monoisotopic (exact) mass is 221 g/mol. The van der Waals surface area contributed by atoms with Gasteiger partial charge in [0, 0.05) is 23.9 Å². The average molecular weight is 221 g/mol. The van der Waals surface area contributed by atoms with E-state index in [0.29, 0.717) is 6.04 Å². The lowest BCUT2D eigenvalue weighted by Gasteiger charge is -2.25. The van der Waals surface area contributed by atoms with E-state index in [1.165, 1.54) is 0 Å². The standard InChI is InChI=1S/C13H19NO2/c1-10(15)12-6-2-3-7-13(12)14-11-5-4-8-16-9-11/h2-3,6-7,10-11,14-15H,4-5,8-9H2,1H3. The molecule has 0 spiro atoms. The summed E-state index contributed by atoms with van der Waals surface area (Å²) < 4.78 is 5.43. The highest BCUT2D eigenvalue weighted by atomic mass is 16.5. The van der Waals surface area contributed by atoms with Gasteiger partial charge < -0.3 is 15.2 Å². The Morgan fingerprint density at radius 2 is 2.25 bits per heavy atom. The van der Waals surface area contributed by atoms with Gasteiger partial charge in [0.25, 0.3) is 0 Å². The molecule has 1 aliphatic rings. The van der Waals surface area contributed by atoms with E-state index in [-0.39, 0.29) is 0 Å². The molecule has 0 radical (unpaired) electrons. The highest BCUT2D eigenvalue weighted by molar-refractivity contribution is 5.52. The van der Waals surface area contributed by atoms with Gasteiger partial charge in [-0.25, -0.2) is 0 Å². The number of ether oxygens (including phenoxy) is 1. The second kappa shape index (κ2) is 5.32. The van der Waals surface area contributed by atoms with E-state index in [4.69, 9.17) is 4.74 Å². The topological polar surface area (TPSA) is 41.5 Å². The summed E-state index contributed by atoms with van der Waals surface area (Å²) >= 11 is 0. The molecule has 16 heavy (non-hydrogen) atoms. The normalized spacial score (nSPS) is 22.8. The van der Waals surface area contributed by atoms with Crippen LogP contribution in [0, 0.1) is 0 Å². The van der Waals surface area contributed by atoms with E-state index in [2.05, 4.69) is 5.32 Å². The Balaban J connectivity index is 2.07. The summed E-state index contributed by atoms with van der Waals surface area (Å²) in [6, 6.07) is 8.27. The van der Waals surface area contributed by atoms with E-state index in [0.717, 1.165) is 37.3 Å². The van der Waals surface area contributed by atoms with Crippen molar-refractivity contribution in [3.63, 3.8) is 0 Å². The zero-order chi connectivity index (χ0) is 11.4. The zero-order valence-corrected chi connectivity index (χ0v) is 9.65. The molecule has 88 valence electrons. The lowest BCUT2D eigenvalue weighted by atomic mass is 10.1. The van der Waals surface area contributed by atoms with Crippen molar-refractivity contribution < 1.29 is 9.84 Å². The Kier molecular flexibility index (Phi) is 3.80. The number of nitrogens with one attached hydrogen (secondary N) is 1.